The van der Waals surface area contributed by atoms with Gasteiger partial charge in [-0.1, -0.05) is 23.7 Å². The van der Waals surface area contributed by atoms with Crippen molar-refractivity contribution in [2.75, 3.05) is 34.3 Å². The van der Waals surface area contributed by atoms with Gasteiger partial charge in [-0.3, -0.25) is 9.89 Å². The van der Waals surface area contributed by atoms with Crippen molar-refractivity contribution in [2.24, 2.45) is 10.9 Å². The van der Waals surface area contributed by atoms with Gasteiger partial charge in [0.15, 0.2) is 5.96 Å². The van der Waals surface area contributed by atoms with Crippen LogP contribution in [-0.4, -0.2) is 50.3 Å². The molecule has 6 nitrogen and oxygen atoms in total. The van der Waals surface area contributed by atoms with Crippen molar-refractivity contribution < 1.29 is 9.84 Å². The van der Waals surface area contributed by atoms with Gasteiger partial charge in [0.25, 0.3) is 0 Å². The number of benzene rings is 2. The summed E-state index contributed by atoms with van der Waals surface area (Å²) < 4.78 is 5.24. The third-order valence-electron chi connectivity index (χ3n) is 5.69. The lowest BCUT2D eigenvalue weighted by Gasteiger charge is -2.40. The van der Waals surface area contributed by atoms with E-state index in [1.54, 1.807) is 26.3 Å². The van der Waals surface area contributed by atoms with Gasteiger partial charge in [0.2, 0.25) is 0 Å². The molecule has 0 spiro atoms. The Hall–Kier alpha value is -1.71. The minimum atomic E-state index is 0. The van der Waals surface area contributed by atoms with Crippen LogP contribution >= 0.6 is 35.6 Å². The molecule has 2 unspecified atom stereocenters. The molecule has 1 fully saturated rings. The Kier molecular flexibility index (Phi) is 10.2. The number of nitrogens with zero attached hydrogens (tertiary/aromatic N) is 2. The van der Waals surface area contributed by atoms with Gasteiger partial charge >= 0.3 is 0 Å². The van der Waals surface area contributed by atoms with Crippen LogP contribution in [0.15, 0.2) is 47.5 Å². The van der Waals surface area contributed by atoms with E-state index in [0.29, 0.717) is 30.2 Å². The Morgan fingerprint density at radius 2 is 2.06 bits per heavy atom. The van der Waals surface area contributed by atoms with Gasteiger partial charge in [0.05, 0.1) is 7.11 Å². The molecule has 0 saturated carbocycles. The highest BCUT2D eigenvalue weighted by atomic mass is 127. The summed E-state index contributed by atoms with van der Waals surface area (Å²) in [5, 5.41) is 17.6. The highest BCUT2D eigenvalue weighted by molar-refractivity contribution is 14.0. The Balaban J connectivity index is 0.00000341. The molecular formula is C23H32ClIN4O2. The number of aromatic hydroxyl groups is 1. The molecule has 0 radical (unpaired) electrons. The number of hydrogen-bond donors (Lipinski definition) is 3. The summed E-state index contributed by atoms with van der Waals surface area (Å²) in [7, 11) is 5.54. The summed E-state index contributed by atoms with van der Waals surface area (Å²) in [6.45, 7) is 2.33. The summed E-state index contributed by atoms with van der Waals surface area (Å²) in [5.41, 5.74) is 2.01. The van der Waals surface area contributed by atoms with Crippen LogP contribution in [0.1, 0.15) is 30.0 Å². The van der Waals surface area contributed by atoms with Crippen LogP contribution in [0.5, 0.6) is 11.5 Å². The number of hydrogen-bond acceptors (Lipinski definition) is 4. The monoisotopic (exact) mass is 558 g/mol. The molecule has 8 heteroatoms. The van der Waals surface area contributed by atoms with Crippen molar-refractivity contribution in [3.05, 3.63) is 58.6 Å². The lowest BCUT2D eigenvalue weighted by Crippen LogP contribution is -2.44. The van der Waals surface area contributed by atoms with Gasteiger partial charge in [-0.15, -0.1) is 24.0 Å². The number of piperidine rings is 1. The minimum Gasteiger partial charge on any atom is -0.508 e. The van der Waals surface area contributed by atoms with Crippen molar-refractivity contribution in [3.63, 3.8) is 0 Å². The lowest BCUT2D eigenvalue weighted by molar-refractivity contribution is 0.122. The number of halogens is 2. The summed E-state index contributed by atoms with van der Waals surface area (Å²) in [6.07, 6.45) is 2.31. The molecule has 1 aliphatic heterocycles. The van der Waals surface area contributed by atoms with Crippen molar-refractivity contribution in [1.29, 1.82) is 0 Å². The zero-order valence-corrected chi connectivity index (χ0v) is 21.4. The van der Waals surface area contributed by atoms with E-state index >= 15 is 0 Å². The molecule has 1 aliphatic rings. The first-order chi connectivity index (χ1) is 14.5. The fraction of sp³-hybridized carbons (Fsp3) is 0.435. The predicted octanol–water partition coefficient (Wildman–Crippen LogP) is 4.42. The molecule has 170 valence electrons. The topological polar surface area (TPSA) is 69.1 Å². The van der Waals surface area contributed by atoms with Crippen LogP contribution in [0.3, 0.4) is 0 Å². The smallest absolute Gasteiger partial charge is 0.191 e. The summed E-state index contributed by atoms with van der Waals surface area (Å²) in [6, 6.07) is 13.7. The second kappa shape index (κ2) is 12.4. The molecule has 0 aliphatic carbocycles. The third-order valence-corrected chi connectivity index (χ3v) is 5.92. The second-order valence-corrected chi connectivity index (χ2v) is 8.12. The van der Waals surface area contributed by atoms with Crippen molar-refractivity contribution in [1.82, 2.24) is 15.5 Å². The third kappa shape index (κ3) is 6.89. The molecule has 3 rings (SSSR count). The van der Waals surface area contributed by atoms with E-state index in [4.69, 9.17) is 16.3 Å². The normalized spacial score (nSPS) is 19.4. The molecule has 1 saturated heterocycles. The molecule has 31 heavy (non-hydrogen) atoms. The molecule has 2 aromatic carbocycles. The zero-order valence-electron chi connectivity index (χ0n) is 18.3. The number of methoxy groups -OCH3 is 1. The van der Waals surface area contributed by atoms with E-state index in [1.807, 2.05) is 18.2 Å². The molecule has 0 amide bonds. The average molecular weight is 559 g/mol. The van der Waals surface area contributed by atoms with Crippen LogP contribution in [0.2, 0.25) is 5.02 Å². The van der Waals surface area contributed by atoms with Gasteiger partial charge in [-0.05, 0) is 68.2 Å². The molecule has 3 N–H and O–H groups in total. The fourth-order valence-corrected chi connectivity index (χ4v) is 4.35. The number of rotatable bonds is 6. The number of ether oxygens (including phenoxy) is 1. The SMILES string of the molecule is CN=C(NCc1cc(OC)ccc1O)NCC1CCCN(C)C1c1cccc(Cl)c1.I. The largest absolute Gasteiger partial charge is 0.508 e. The Bertz CT molecular complexity index is 880. The van der Waals surface area contributed by atoms with Crippen LogP contribution in [-0.2, 0) is 6.54 Å². The average Bonchev–Trinajstić information content (AvgIpc) is 2.75. The Labute approximate surface area is 207 Å². The molecule has 1 heterocycles. The van der Waals surface area contributed by atoms with E-state index < -0.39 is 0 Å². The number of likely N-dealkylation sites (tertiary alicyclic amines) is 1. The van der Waals surface area contributed by atoms with Gasteiger partial charge in [-0.25, -0.2) is 0 Å². The van der Waals surface area contributed by atoms with Gasteiger partial charge in [-0.2, -0.15) is 0 Å². The van der Waals surface area contributed by atoms with E-state index in [9.17, 15) is 5.11 Å². The maximum atomic E-state index is 10.1. The number of phenols is 1. The lowest BCUT2D eigenvalue weighted by atomic mass is 9.85. The van der Waals surface area contributed by atoms with Crippen molar-refractivity contribution in [2.45, 2.75) is 25.4 Å². The van der Waals surface area contributed by atoms with Gasteiger partial charge in [0, 0.05) is 36.8 Å². The highest BCUT2D eigenvalue weighted by Gasteiger charge is 2.30. The molecule has 0 bridgehead atoms. The maximum absolute atomic E-state index is 10.1. The van der Waals surface area contributed by atoms with Crippen LogP contribution < -0.4 is 15.4 Å². The maximum Gasteiger partial charge on any atom is 0.191 e. The van der Waals surface area contributed by atoms with Crippen LogP contribution in [0.25, 0.3) is 0 Å². The van der Waals surface area contributed by atoms with E-state index in [0.717, 1.165) is 30.1 Å². The van der Waals surface area contributed by atoms with Crippen LogP contribution in [0, 0.1) is 5.92 Å². The second-order valence-electron chi connectivity index (χ2n) is 7.68. The van der Waals surface area contributed by atoms with Crippen LogP contribution in [0.4, 0.5) is 0 Å². The Morgan fingerprint density at radius 3 is 2.77 bits per heavy atom. The molecule has 0 aromatic heterocycles. The number of phenolic OH excluding ortho intramolecular Hbond substituents is 1. The standard InChI is InChI=1S/C23H31ClN4O2.HI/c1-25-23(27-15-18-13-20(30-3)9-10-21(18)29)26-14-17-7-5-11-28(2)22(17)16-6-4-8-19(24)12-16;/h4,6,8-10,12-13,17,22,29H,5,7,11,14-15H2,1-3H3,(H2,25,26,27);1H. The van der Waals surface area contributed by atoms with E-state index in [2.05, 4.69) is 39.7 Å². The first kappa shape index (κ1) is 25.5. The molecular weight excluding hydrogens is 527 g/mol. The van der Waals surface area contributed by atoms with Crippen molar-refractivity contribution in [3.8, 4) is 11.5 Å². The quantitative estimate of drug-likeness (QED) is 0.278. The number of aliphatic imine (C=N–C) groups is 1. The first-order valence-electron chi connectivity index (χ1n) is 10.3. The number of nitrogens with one attached hydrogen (secondary N) is 2. The minimum absolute atomic E-state index is 0. The Morgan fingerprint density at radius 1 is 1.26 bits per heavy atom. The number of guanidine groups is 1. The summed E-state index contributed by atoms with van der Waals surface area (Å²) >= 11 is 6.25. The summed E-state index contributed by atoms with van der Waals surface area (Å²) in [5.74, 6) is 2.08. The fourth-order valence-electron chi connectivity index (χ4n) is 4.15. The summed E-state index contributed by atoms with van der Waals surface area (Å²) in [4.78, 5) is 6.75. The van der Waals surface area contributed by atoms with Gasteiger partial charge in [0.1, 0.15) is 11.5 Å². The predicted molar refractivity (Wildman–Crippen MR) is 138 cm³/mol. The highest BCUT2D eigenvalue weighted by Crippen LogP contribution is 2.35. The van der Waals surface area contributed by atoms with E-state index in [-0.39, 0.29) is 29.7 Å². The van der Waals surface area contributed by atoms with Crippen molar-refractivity contribution >= 4 is 41.5 Å². The zero-order chi connectivity index (χ0) is 21.5. The molecule has 2 atom stereocenters. The molecule has 2 aromatic rings. The van der Waals surface area contributed by atoms with Gasteiger partial charge < -0.3 is 20.5 Å². The first-order valence-corrected chi connectivity index (χ1v) is 10.7. The van der Waals surface area contributed by atoms with E-state index in [1.165, 1.54) is 12.0 Å².